The number of aryl methyl sites for hydroxylation is 3. The number of allylic oxidation sites excluding steroid dienone is 1. The Bertz CT molecular complexity index is 1260. The third-order valence-electron chi connectivity index (χ3n) is 5.34. The van der Waals surface area contributed by atoms with Gasteiger partial charge in [-0.15, -0.1) is 17.9 Å². The summed E-state index contributed by atoms with van der Waals surface area (Å²) in [4.78, 5) is 23.1. The molecule has 0 amide bonds. The summed E-state index contributed by atoms with van der Waals surface area (Å²) in [5.41, 5.74) is 4.20. The highest BCUT2D eigenvalue weighted by atomic mass is 32.1. The maximum Gasteiger partial charge on any atom is 0.335 e. The molecule has 166 valence electrons. The Labute approximate surface area is 197 Å². The van der Waals surface area contributed by atoms with Crippen LogP contribution in [0.3, 0.4) is 0 Å². The molecule has 0 bridgehead atoms. The average molecular weight is 456 g/mol. The van der Waals surface area contributed by atoms with E-state index in [2.05, 4.69) is 48.3 Å². The van der Waals surface area contributed by atoms with E-state index in [1.165, 1.54) is 10.4 Å². The lowest BCUT2D eigenvalue weighted by atomic mass is 10.1. The summed E-state index contributed by atoms with van der Waals surface area (Å²) >= 11 is 1.72. The maximum absolute atomic E-state index is 11.1. The lowest BCUT2D eigenvalue weighted by molar-refractivity contribution is 0.0697. The largest absolute Gasteiger partial charge is 0.478 e. The highest BCUT2D eigenvalue weighted by Gasteiger charge is 2.14. The number of benzene rings is 2. The Morgan fingerprint density at radius 3 is 2.48 bits per heavy atom. The maximum atomic E-state index is 11.1. The van der Waals surface area contributed by atoms with Gasteiger partial charge < -0.3 is 10.4 Å². The molecule has 4 rings (SSSR count). The fourth-order valence-electron chi connectivity index (χ4n) is 3.58. The molecule has 0 saturated carbocycles. The minimum absolute atomic E-state index is 0.244. The van der Waals surface area contributed by atoms with Crippen LogP contribution in [0.15, 0.2) is 79.4 Å². The van der Waals surface area contributed by atoms with Gasteiger partial charge in [-0.05, 0) is 68.1 Å². The number of thiophene rings is 1. The summed E-state index contributed by atoms with van der Waals surface area (Å²) in [6.45, 7) is 5.84. The molecule has 0 saturated heterocycles. The number of carboxylic acid groups (broad SMARTS) is 1. The van der Waals surface area contributed by atoms with Crippen LogP contribution in [0.5, 0.6) is 0 Å². The molecule has 2 aromatic carbocycles. The molecule has 2 aromatic heterocycles. The minimum Gasteiger partial charge on any atom is -0.478 e. The third-order valence-corrected chi connectivity index (χ3v) is 6.48. The van der Waals surface area contributed by atoms with Crippen LogP contribution in [-0.2, 0) is 19.3 Å². The van der Waals surface area contributed by atoms with Crippen LogP contribution in [0.25, 0.3) is 10.7 Å². The second kappa shape index (κ2) is 10.2. The molecular weight excluding hydrogens is 430 g/mol. The minimum atomic E-state index is -0.949. The van der Waals surface area contributed by atoms with Crippen LogP contribution in [0.1, 0.15) is 32.1 Å². The summed E-state index contributed by atoms with van der Waals surface area (Å²) in [6.07, 6.45) is 4.44. The fraction of sp³-hybridized carbons (Fsp3) is 0.148. The van der Waals surface area contributed by atoms with Gasteiger partial charge in [0.25, 0.3) is 0 Å². The topological polar surface area (TPSA) is 75.1 Å². The first kappa shape index (κ1) is 22.4. The van der Waals surface area contributed by atoms with E-state index in [1.54, 1.807) is 35.6 Å². The summed E-state index contributed by atoms with van der Waals surface area (Å²) in [7, 11) is 0. The number of rotatable bonds is 9. The molecule has 6 heteroatoms. The van der Waals surface area contributed by atoms with Gasteiger partial charge >= 0.3 is 5.97 Å². The molecule has 33 heavy (non-hydrogen) atoms. The predicted molar refractivity (Wildman–Crippen MR) is 135 cm³/mol. The van der Waals surface area contributed by atoms with Gasteiger partial charge in [0.1, 0.15) is 5.82 Å². The van der Waals surface area contributed by atoms with Crippen LogP contribution in [-0.4, -0.2) is 21.0 Å². The van der Waals surface area contributed by atoms with Crippen molar-refractivity contribution in [3.63, 3.8) is 0 Å². The molecule has 4 aromatic rings. The molecule has 0 radical (unpaired) electrons. The second-order valence-electron chi connectivity index (χ2n) is 7.71. The van der Waals surface area contributed by atoms with Gasteiger partial charge in [0.15, 0.2) is 5.82 Å². The molecule has 2 N–H and O–H groups in total. The van der Waals surface area contributed by atoms with E-state index in [-0.39, 0.29) is 5.56 Å². The third kappa shape index (κ3) is 5.54. The highest BCUT2D eigenvalue weighted by molar-refractivity contribution is 7.15. The Balaban J connectivity index is 1.59. The molecule has 0 spiro atoms. The highest BCUT2D eigenvalue weighted by Crippen LogP contribution is 2.30. The number of hydrogen-bond donors (Lipinski definition) is 2. The zero-order valence-electron chi connectivity index (χ0n) is 18.4. The predicted octanol–water partition coefficient (Wildman–Crippen LogP) is 6.47. The number of anilines is 2. The Morgan fingerprint density at radius 2 is 1.79 bits per heavy atom. The van der Waals surface area contributed by atoms with E-state index >= 15 is 0 Å². The smallest absolute Gasteiger partial charge is 0.335 e. The van der Waals surface area contributed by atoms with E-state index in [9.17, 15) is 4.79 Å². The lowest BCUT2D eigenvalue weighted by Gasteiger charge is -2.14. The number of aromatic carboxylic acids is 1. The summed E-state index contributed by atoms with van der Waals surface area (Å²) in [6, 6.07) is 21.3. The van der Waals surface area contributed by atoms with Gasteiger partial charge in [0.2, 0.25) is 0 Å². The summed E-state index contributed by atoms with van der Waals surface area (Å²) in [5.74, 6) is 0.440. The molecule has 0 aliphatic carbocycles. The average Bonchev–Trinajstić information content (AvgIpc) is 3.30. The first-order valence-corrected chi connectivity index (χ1v) is 11.6. The Hall–Kier alpha value is -3.77. The fourth-order valence-corrected chi connectivity index (χ4v) is 4.52. The van der Waals surface area contributed by atoms with Crippen LogP contribution in [0.2, 0.25) is 0 Å². The number of nitrogens with one attached hydrogen (secondary N) is 1. The monoisotopic (exact) mass is 455 g/mol. The molecule has 0 aliphatic rings. The molecular formula is C27H25N3O2S. The number of nitrogens with zero attached hydrogens (tertiary/aromatic N) is 2. The van der Waals surface area contributed by atoms with E-state index in [0.717, 1.165) is 34.7 Å². The van der Waals surface area contributed by atoms with Gasteiger partial charge in [-0.1, -0.05) is 36.4 Å². The lowest BCUT2D eigenvalue weighted by Crippen LogP contribution is -2.05. The van der Waals surface area contributed by atoms with Crippen molar-refractivity contribution in [2.24, 2.45) is 0 Å². The number of aromatic nitrogens is 2. The van der Waals surface area contributed by atoms with Gasteiger partial charge in [-0.25, -0.2) is 14.8 Å². The molecule has 0 fully saturated rings. The molecule has 5 nitrogen and oxygen atoms in total. The summed E-state index contributed by atoms with van der Waals surface area (Å²) in [5, 5.41) is 12.5. The molecule has 0 atom stereocenters. The SMILES string of the molecule is C=CCc1c(C)nc(-c2ccc(CCc3ccccc3)s2)nc1Nc1ccc(C(=O)O)cc1. The molecule has 0 aliphatic heterocycles. The van der Waals surface area contributed by atoms with Gasteiger partial charge in [0.05, 0.1) is 10.4 Å². The Morgan fingerprint density at radius 1 is 1.03 bits per heavy atom. The second-order valence-corrected chi connectivity index (χ2v) is 8.88. The van der Waals surface area contributed by atoms with Crippen molar-refractivity contribution in [2.75, 3.05) is 5.32 Å². The number of carboxylic acids is 1. The van der Waals surface area contributed by atoms with E-state index in [1.807, 2.05) is 19.1 Å². The van der Waals surface area contributed by atoms with Crippen LogP contribution < -0.4 is 5.32 Å². The van der Waals surface area contributed by atoms with Crippen LogP contribution in [0.4, 0.5) is 11.5 Å². The van der Waals surface area contributed by atoms with Gasteiger partial charge in [-0.3, -0.25) is 0 Å². The Kier molecular flexibility index (Phi) is 6.95. The van der Waals surface area contributed by atoms with E-state index < -0.39 is 5.97 Å². The van der Waals surface area contributed by atoms with Crippen molar-refractivity contribution < 1.29 is 9.90 Å². The zero-order valence-corrected chi connectivity index (χ0v) is 19.2. The molecule has 0 unspecified atom stereocenters. The van der Waals surface area contributed by atoms with Gasteiger partial charge in [-0.2, -0.15) is 0 Å². The van der Waals surface area contributed by atoms with Crippen molar-refractivity contribution >= 4 is 28.8 Å². The van der Waals surface area contributed by atoms with Crippen molar-refractivity contribution in [3.05, 3.63) is 107 Å². The van der Waals surface area contributed by atoms with Crippen molar-refractivity contribution in [1.82, 2.24) is 9.97 Å². The van der Waals surface area contributed by atoms with E-state index in [4.69, 9.17) is 15.1 Å². The van der Waals surface area contributed by atoms with E-state index in [0.29, 0.717) is 18.1 Å². The molecule has 2 heterocycles. The van der Waals surface area contributed by atoms with Crippen molar-refractivity contribution in [2.45, 2.75) is 26.2 Å². The van der Waals surface area contributed by atoms with Crippen molar-refractivity contribution in [1.29, 1.82) is 0 Å². The first-order valence-electron chi connectivity index (χ1n) is 10.8. The number of carbonyl (C=O) groups is 1. The van der Waals surface area contributed by atoms with Gasteiger partial charge in [0, 0.05) is 21.8 Å². The summed E-state index contributed by atoms with van der Waals surface area (Å²) < 4.78 is 0. The quantitative estimate of drug-likeness (QED) is 0.283. The first-order chi connectivity index (χ1) is 16.0. The standard InChI is InChI=1S/C27H25N3O2S/c1-3-7-23-18(2)28-26(30-25(23)29-21-13-11-20(12-14-21)27(31)32)24-17-16-22(33-24)15-10-19-8-5-4-6-9-19/h3-6,8-9,11-14,16-17H,1,7,10,15H2,2H3,(H,31,32)(H,28,29,30). The van der Waals surface area contributed by atoms with Crippen LogP contribution >= 0.6 is 11.3 Å². The van der Waals surface area contributed by atoms with Crippen molar-refractivity contribution in [3.8, 4) is 10.7 Å². The zero-order chi connectivity index (χ0) is 23.2. The normalized spacial score (nSPS) is 10.7. The number of hydrogen-bond acceptors (Lipinski definition) is 5. The van der Waals surface area contributed by atoms with Crippen LogP contribution in [0, 0.1) is 6.92 Å².